The quantitative estimate of drug-likeness (QED) is 0.889. The fraction of sp³-hybridized carbons (Fsp3) is 0.600. The van der Waals surface area contributed by atoms with E-state index in [2.05, 4.69) is 24.0 Å². The predicted molar refractivity (Wildman–Crippen MR) is 74.8 cm³/mol. The van der Waals surface area contributed by atoms with E-state index in [0.29, 0.717) is 12.6 Å². The lowest BCUT2D eigenvalue weighted by molar-refractivity contribution is 0.133. The summed E-state index contributed by atoms with van der Waals surface area (Å²) in [7, 11) is 1.70. The van der Waals surface area contributed by atoms with Crippen molar-refractivity contribution < 1.29 is 4.74 Å². The fourth-order valence-electron chi connectivity index (χ4n) is 2.83. The molecule has 1 saturated heterocycles. The summed E-state index contributed by atoms with van der Waals surface area (Å²) in [6, 6.07) is 8.65. The van der Waals surface area contributed by atoms with Gasteiger partial charge in [0.25, 0.3) is 0 Å². The number of benzene rings is 1. The number of hydrogen-bond donors (Lipinski definition) is 1. The second-order valence-electron chi connectivity index (χ2n) is 5.27. The monoisotopic (exact) mass is 248 g/mol. The summed E-state index contributed by atoms with van der Waals surface area (Å²) in [6.45, 7) is 5.33. The number of piperidine rings is 1. The zero-order valence-electron chi connectivity index (χ0n) is 11.4. The van der Waals surface area contributed by atoms with Gasteiger partial charge in [-0.2, -0.15) is 0 Å². The first-order chi connectivity index (χ1) is 8.74. The third kappa shape index (κ3) is 3.03. The number of nitrogens with two attached hydrogens (primary N) is 1. The van der Waals surface area contributed by atoms with E-state index >= 15 is 0 Å². The van der Waals surface area contributed by atoms with Crippen LogP contribution in [0.4, 0.5) is 0 Å². The molecule has 0 radical (unpaired) electrons. The van der Waals surface area contributed by atoms with Crippen molar-refractivity contribution in [1.82, 2.24) is 4.90 Å². The summed E-state index contributed by atoms with van der Waals surface area (Å²) in [6.07, 6.45) is 2.63. The molecule has 3 heteroatoms. The van der Waals surface area contributed by atoms with Crippen molar-refractivity contribution in [1.29, 1.82) is 0 Å². The molecule has 0 saturated carbocycles. The van der Waals surface area contributed by atoms with Crippen LogP contribution in [0, 0.1) is 5.92 Å². The van der Waals surface area contributed by atoms with Gasteiger partial charge in [-0.25, -0.2) is 0 Å². The Morgan fingerprint density at radius 1 is 1.39 bits per heavy atom. The molecular formula is C15H24N2O. The Balaban J connectivity index is 2.11. The Morgan fingerprint density at radius 3 is 2.67 bits per heavy atom. The van der Waals surface area contributed by atoms with Crippen LogP contribution in [0.1, 0.15) is 31.4 Å². The van der Waals surface area contributed by atoms with Crippen LogP contribution in [-0.2, 0) is 0 Å². The molecule has 1 aromatic carbocycles. The normalized spacial score (nSPS) is 22.7. The van der Waals surface area contributed by atoms with Crippen molar-refractivity contribution >= 4 is 0 Å². The van der Waals surface area contributed by atoms with E-state index in [1.807, 2.05) is 12.1 Å². The highest BCUT2D eigenvalue weighted by molar-refractivity contribution is 5.29. The molecule has 100 valence electrons. The molecule has 0 aromatic heterocycles. The molecule has 2 atom stereocenters. The van der Waals surface area contributed by atoms with Gasteiger partial charge >= 0.3 is 0 Å². The topological polar surface area (TPSA) is 38.5 Å². The van der Waals surface area contributed by atoms with Crippen LogP contribution < -0.4 is 10.5 Å². The van der Waals surface area contributed by atoms with Crippen molar-refractivity contribution in [2.75, 3.05) is 26.7 Å². The van der Waals surface area contributed by atoms with E-state index in [-0.39, 0.29) is 0 Å². The first-order valence-electron chi connectivity index (χ1n) is 6.82. The summed E-state index contributed by atoms with van der Waals surface area (Å²) in [5, 5.41) is 0. The van der Waals surface area contributed by atoms with Gasteiger partial charge in [0.1, 0.15) is 5.75 Å². The Hall–Kier alpha value is -1.06. The van der Waals surface area contributed by atoms with E-state index < -0.39 is 0 Å². The minimum Gasteiger partial charge on any atom is -0.497 e. The van der Waals surface area contributed by atoms with Gasteiger partial charge in [-0.05, 0) is 43.0 Å². The molecule has 0 spiro atoms. The van der Waals surface area contributed by atoms with Gasteiger partial charge in [-0.3, -0.25) is 4.90 Å². The third-order valence-corrected chi connectivity index (χ3v) is 3.85. The smallest absolute Gasteiger partial charge is 0.118 e. The second-order valence-corrected chi connectivity index (χ2v) is 5.27. The summed E-state index contributed by atoms with van der Waals surface area (Å²) in [4.78, 5) is 2.52. The minimum absolute atomic E-state index is 0.346. The van der Waals surface area contributed by atoms with Crippen molar-refractivity contribution in [3.63, 3.8) is 0 Å². The van der Waals surface area contributed by atoms with Crippen LogP contribution in [-0.4, -0.2) is 31.6 Å². The van der Waals surface area contributed by atoms with Crippen LogP contribution in [0.3, 0.4) is 0 Å². The standard InChI is InChI=1S/C15H24N2O/c1-12-4-3-9-17(11-12)15(10-16)13-5-7-14(18-2)8-6-13/h5-8,12,15H,3-4,9-11,16H2,1-2H3. The zero-order chi connectivity index (χ0) is 13.0. The van der Waals surface area contributed by atoms with E-state index in [4.69, 9.17) is 10.5 Å². The Kier molecular flexibility index (Phi) is 4.61. The fourth-order valence-corrected chi connectivity index (χ4v) is 2.83. The molecule has 1 aliphatic rings. The number of rotatable bonds is 4. The molecule has 2 N–H and O–H groups in total. The zero-order valence-corrected chi connectivity index (χ0v) is 11.4. The van der Waals surface area contributed by atoms with Gasteiger partial charge in [0.2, 0.25) is 0 Å². The number of ether oxygens (including phenoxy) is 1. The minimum atomic E-state index is 0.346. The highest BCUT2D eigenvalue weighted by Crippen LogP contribution is 2.27. The summed E-state index contributed by atoms with van der Waals surface area (Å²) < 4.78 is 5.20. The number of likely N-dealkylation sites (tertiary alicyclic amines) is 1. The first kappa shape index (κ1) is 13.4. The van der Waals surface area contributed by atoms with Crippen LogP contribution in [0.2, 0.25) is 0 Å². The summed E-state index contributed by atoms with van der Waals surface area (Å²) in [5.41, 5.74) is 7.28. The molecule has 1 heterocycles. The van der Waals surface area contributed by atoms with E-state index in [9.17, 15) is 0 Å². The molecule has 2 rings (SSSR count). The lowest BCUT2D eigenvalue weighted by atomic mass is 9.96. The predicted octanol–water partition coefficient (Wildman–Crippen LogP) is 2.43. The van der Waals surface area contributed by atoms with E-state index in [1.54, 1.807) is 7.11 Å². The largest absolute Gasteiger partial charge is 0.497 e. The van der Waals surface area contributed by atoms with Crippen LogP contribution in [0.15, 0.2) is 24.3 Å². The van der Waals surface area contributed by atoms with Gasteiger partial charge in [0, 0.05) is 19.1 Å². The Morgan fingerprint density at radius 2 is 2.11 bits per heavy atom. The molecule has 0 aliphatic carbocycles. The lowest BCUT2D eigenvalue weighted by Gasteiger charge is -2.37. The average Bonchev–Trinajstić information content (AvgIpc) is 2.40. The highest BCUT2D eigenvalue weighted by atomic mass is 16.5. The Bertz CT molecular complexity index is 363. The van der Waals surface area contributed by atoms with E-state index in [0.717, 1.165) is 24.8 Å². The maximum absolute atomic E-state index is 5.98. The molecule has 0 amide bonds. The number of nitrogens with zero attached hydrogens (tertiary/aromatic N) is 1. The van der Waals surface area contributed by atoms with Gasteiger partial charge in [-0.1, -0.05) is 19.1 Å². The van der Waals surface area contributed by atoms with Gasteiger partial charge < -0.3 is 10.5 Å². The molecule has 1 aromatic rings. The van der Waals surface area contributed by atoms with Crippen LogP contribution >= 0.6 is 0 Å². The number of methoxy groups -OCH3 is 1. The molecule has 2 unspecified atom stereocenters. The molecular weight excluding hydrogens is 224 g/mol. The van der Waals surface area contributed by atoms with Gasteiger partial charge in [0.05, 0.1) is 7.11 Å². The van der Waals surface area contributed by atoms with Crippen LogP contribution in [0.5, 0.6) is 5.75 Å². The molecule has 3 nitrogen and oxygen atoms in total. The van der Waals surface area contributed by atoms with Gasteiger partial charge in [-0.15, -0.1) is 0 Å². The summed E-state index contributed by atoms with van der Waals surface area (Å²) in [5.74, 6) is 1.69. The molecule has 1 fully saturated rings. The maximum atomic E-state index is 5.98. The van der Waals surface area contributed by atoms with E-state index in [1.165, 1.54) is 18.4 Å². The molecule has 18 heavy (non-hydrogen) atoms. The third-order valence-electron chi connectivity index (χ3n) is 3.85. The Labute approximate surface area is 110 Å². The lowest BCUT2D eigenvalue weighted by Crippen LogP contribution is -2.40. The SMILES string of the molecule is COc1ccc(C(CN)N2CCCC(C)C2)cc1. The molecule has 0 bridgehead atoms. The first-order valence-corrected chi connectivity index (χ1v) is 6.82. The van der Waals surface area contributed by atoms with Crippen molar-refractivity contribution in [2.24, 2.45) is 11.7 Å². The highest BCUT2D eigenvalue weighted by Gasteiger charge is 2.23. The average molecular weight is 248 g/mol. The number of hydrogen-bond acceptors (Lipinski definition) is 3. The van der Waals surface area contributed by atoms with Crippen molar-refractivity contribution in [3.05, 3.63) is 29.8 Å². The van der Waals surface area contributed by atoms with Crippen molar-refractivity contribution in [3.8, 4) is 5.75 Å². The maximum Gasteiger partial charge on any atom is 0.118 e. The summed E-state index contributed by atoms with van der Waals surface area (Å²) >= 11 is 0. The van der Waals surface area contributed by atoms with Gasteiger partial charge in [0.15, 0.2) is 0 Å². The molecule has 1 aliphatic heterocycles. The van der Waals surface area contributed by atoms with Crippen LogP contribution in [0.25, 0.3) is 0 Å². The second kappa shape index (κ2) is 6.21. The van der Waals surface area contributed by atoms with Crippen molar-refractivity contribution in [2.45, 2.75) is 25.8 Å².